The average molecular weight is 2000 g/mol. The Morgan fingerprint density at radius 3 is 0.479 bits per heavy atom. The third kappa shape index (κ3) is 35.9. The van der Waals surface area contributed by atoms with Crippen LogP contribution in [0.4, 0.5) is 0 Å². The van der Waals surface area contributed by atoms with Gasteiger partial charge < -0.3 is 38.5 Å². The summed E-state index contributed by atoms with van der Waals surface area (Å²) >= 11 is 0. The molecule has 12 aliphatic rings. The average Bonchev–Trinajstić information content (AvgIpc) is 1.08. The summed E-state index contributed by atoms with van der Waals surface area (Å²) in [6.07, 6.45) is 53.3. The maximum Gasteiger partial charge on any atom is 0.0749 e. The molecule has 0 aromatic heterocycles. The van der Waals surface area contributed by atoms with Crippen molar-refractivity contribution in [2.24, 2.45) is 164 Å². The number of hydrogen-bond donors (Lipinski definition) is 0. The van der Waals surface area contributed by atoms with Gasteiger partial charge in [-0.1, -0.05) is 429 Å². The molecule has 4 saturated carbocycles. The predicted molar refractivity (Wildman–Crippen MR) is 637 cm³/mol. The largest absolute Gasteiger partial charge is 0.374 e. The van der Waals surface area contributed by atoms with Crippen LogP contribution in [-0.4, -0.2) is 145 Å². The molecule has 0 unspecified atom stereocenters. The Kier molecular flexibility index (Phi) is 63.8. The van der Waals surface area contributed by atoms with E-state index in [2.05, 4.69) is 380 Å². The standard InChI is InChI=1S/C13H27N.C13H26.C12H25N.C12H24O.C12H24.C11H23N.C11H22O.C11H22.C10H21N.C10H20O.C10H20.C9H18O/c1-11(2)13(12(3)4)9-7-6-8-10-14(13)5;1-11(2)13(12(3)4)9-7-5-6-8-10-13;1-10(2)12(11(3)4)8-6-7-9-13(12)5;1-10(2)12(11(3)4)8-6-5-7-9-13-12;1-10(2)12(11(3)4)8-6-5-7-9-12;1-9(2)11(10(3)4)7-6-8-12(11)5;1-9(2)11(10(3)4)7-5-6-8-12-11;1-9(2)11(10(3)4)7-5-6-8-11;1-8(2)10(9(3)4)6-7-11(10)5;1-8(2)10(9(3)4)6-5-7-11-10;1-8(2)10(9(3)4)6-5-7-10;1-7(2)9(8(3)4)5-6-10-9/h11-12H,6-10H2,1-5H3;11-12H,5-10H2,1-4H3;10-11H,6-9H2,1-5H3;10-11H,5-9H2,1-4H3;10-11H,5-9H2,1-4H3;9-10H,6-8H2,1-5H3;9-10H,5-8H2,1-4H3;9-10H,5-8H2,1-4H3;8-9H,6-7H2,1-5H3;8-9H,5-7H2,1-4H3;8-9H,5-7H2,1-4H3;7-8H,5-6H2,1-4H3. The van der Waals surface area contributed by atoms with Gasteiger partial charge in [0.05, 0.1) is 29.0 Å². The molecule has 0 spiro atoms. The van der Waals surface area contributed by atoms with Crippen LogP contribution in [0.15, 0.2) is 0 Å². The van der Waals surface area contributed by atoms with Crippen LogP contribution in [-0.2, 0) is 18.9 Å². The third-order valence-electron chi connectivity index (χ3n) is 44.2. The van der Waals surface area contributed by atoms with Crippen LogP contribution < -0.4 is 0 Å². The van der Waals surface area contributed by atoms with E-state index in [1.165, 1.54) is 270 Å². The summed E-state index contributed by atoms with van der Waals surface area (Å²) in [6.45, 7) is 122. The molecule has 0 atom stereocenters. The van der Waals surface area contributed by atoms with Gasteiger partial charge in [0.2, 0.25) is 0 Å². The van der Waals surface area contributed by atoms with Crippen molar-refractivity contribution in [1.82, 2.24) is 19.6 Å². The molecule has 852 valence electrons. The predicted octanol–water partition coefficient (Wildman–Crippen LogP) is 40.2. The van der Waals surface area contributed by atoms with Gasteiger partial charge in [0.15, 0.2) is 0 Å². The van der Waals surface area contributed by atoms with Crippen LogP contribution in [0.5, 0.6) is 0 Å². The van der Waals surface area contributed by atoms with Crippen molar-refractivity contribution < 1.29 is 18.9 Å². The van der Waals surface area contributed by atoms with Gasteiger partial charge in [0.25, 0.3) is 0 Å². The van der Waals surface area contributed by atoms with Crippen molar-refractivity contribution in [2.75, 3.05) is 80.8 Å². The molecule has 0 bridgehead atoms. The summed E-state index contributed by atoms with van der Waals surface area (Å²) in [4.78, 5) is 10.3. The van der Waals surface area contributed by atoms with E-state index in [4.69, 9.17) is 18.9 Å². The van der Waals surface area contributed by atoms with Crippen molar-refractivity contribution in [1.29, 1.82) is 0 Å². The first kappa shape index (κ1) is 140. The lowest BCUT2D eigenvalue weighted by atomic mass is 9.56. The van der Waals surface area contributed by atoms with E-state index in [9.17, 15) is 0 Å². The normalized spacial score (nSPS) is 23.7. The highest BCUT2D eigenvalue weighted by Gasteiger charge is 2.52. The molecule has 8 nitrogen and oxygen atoms in total. The first-order valence-electron chi connectivity index (χ1n) is 63.2. The zero-order chi connectivity index (χ0) is 110. The highest BCUT2D eigenvalue weighted by molar-refractivity contribution is 5.05. The van der Waals surface area contributed by atoms with Crippen molar-refractivity contribution in [3.05, 3.63) is 0 Å². The first-order valence-corrected chi connectivity index (χ1v) is 63.2. The molecule has 0 aromatic rings. The van der Waals surface area contributed by atoms with Gasteiger partial charge in [-0.05, 0) is 353 Å². The van der Waals surface area contributed by atoms with Gasteiger partial charge in [0, 0.05) is 54.9 Å². The maximum absolute atomic E-state index is 6.11. The van der Waals surface area contributed by atoms with E-state index in [1.54, 1.807) is 0 Å². The Morgan fingerprint density at radius 1 is 0.127 bits per heavy atom. The lowest BCUT2D eigenvalue weighted by Gasteiger charge is -2.57. The third-order valence-corrected chi connectivity index (χ3v) is 44.2. The number of likely N-dealkylation sites (tertiary alicyclic amines) is 4. The van der Waals surface area contributed by atoms with Gasteiger partial charge in [-0.15, -0.1) is 0 Å². The topological polar surface area (TPSA) is 49.9 Å². The van der Waals surface area contributed by atoms with Crippen LogP contribution in [0.25, 0.3) is 0 Å². The fourth-order valence-corrected chi connectivity index (χ4v) is 33.3. The second-order valence-corrected chi connectivity index (χ2v) is 57.3. The molecule has 12 fully saturated rings. The summed E-state index contributed by atoms with van der Waals surface area (Å²) in [5.41, 5.74) is 5.44. The van der Waals surface area contributed by atoms with E-state index in [0.29, 0.717) is 85.7 Å². The number of piperidine rings is 1. The minimum absolute atomic E-state index is 0.163. The SMILES string of the molecule is CC(C)C1(C(C)C)CCC1.CC(C)C1(C(C)C)CCCC1.CC(C)C1(C(C)C)CCCCC1.CC(C)C1(C(C)C)CCCCCC1.CC(C)C1(C(C)C)CCCCCN1C.CC(C)C1(C(C)C)CCCCCO1.CC(C)C1(C(C)C)CCCCN1C.CC(C)C1(C(C)C)CCCCO1.CC(C)C1(C(C)C)CCCN1C.CC(C)C1(C(C)C)CCCO1.CC(C)C1(C(C)C)CCN1C.CC(C)C1(C(C)C)CCO1. The van der Waals surface area contributed by atoms with Gasteiger partial charge in [-0.2, -0.15) is 0 Å². The van der Waals surface area contributed by atoms with Crippen molar-refractivity contribution in [2.45, 2.75) is 621 Å². The van der Waals surface area contributed by atoms with E-state index >= 15 is 0 Å². The molecule has 8 heteroatoms. The highest BCUT2D eigenvalue weighted by atomic mass is 16.5. The quantitative estimate of drug-likeness (QED) is 0.0886. The maximum atomic E-state index is 6.11. The Morgan fingerprint density at radius 2 is 0.296 bits per heavy atom. The highest BCUT2D eigenvalue weighted by Crippen LogP contribution is 2.55. The summed E-state index contributed by atoms with van der Waals surface area (Å²) in [7, 11) is 9.17. The molecule has 0 radical (unpaired) electrons. The van der Waals surface area contributed by atoms with Crippen molar-refractivity contribution in [3.63, 3.8) is 0 Å². The Labute approximate surface area is 898 Å². The summed E-state index contributed by atoms with van der Waals surface area (Å²) < 4.78 is 23.6. The first-order chi connectivity index (χ1) is 65.8. The van der Waals surface area contributed by atoms with Crippen LogP contribution >= 0.6 is 0 Å². The lowest BCUT2D eigenvalue weighted by molar-refractivity contribution is -0.200. The van der Waals surface area contributed by atoms with E-state index in [1.807, 2.05) is 0 Å². The molecule has 8 heterocycles. The van der Waals surface area contributed by atoms with Crippen molar-refractivity contribution in [3.8, 4) is 0 Å². The summed E-state index contributed by atoms with van der Waals surface area (Å²) in [5.74, 6) is 18.5. The molecule has 8 saturated heterocycles. The fraction of sp³-hybridized carbons (Fsp3) is 1.00. The van der Waals surface area contributed by atoms with E-state index in [-0.39, 0.29) is 22.4 Å². The molecule has 0 N–H and O–H groups in total. The monoisotopic (exact) mass is 2000 g/mol. The van der Waals surface area contributed by atoms with Crippen molar-refractivity contribution >= 4 is 0 Å². The fourth-order valence-electron chi connectivity index (χ4n) is 33.3. The number of hydrogen-bond acceptors (Lipinski definition) is 8. The Bertz CT molecular complexity index is 2820. The zero-order valence-electron chi connectivity index (χ0n) is 108. The van der Waals surface area contributed by atoms with Crippen LogP contribution in [0.2, 0.25) is 0 Å². The lowest BCUT2D eigenvalue weighted by Crippen LogP contribution is -2.64. The minimum atomic E-state index is 0.163. The molecule has 12 rings (SSSR count). The van der Waals surface area contributed by atoms with Crippen LogP contribution in [0.1, 0.15) is 576 Å². The molecule has 4 aliphatic carbocycles. The number of nitrogens with zero attached hydrogens (tertiary/aromatic N) is 4. The van der Waals surface area contributed by atoms with Gasteiger partial charge in [-0.3, -0.25) is 0 Å². The minimum Gasteiger partial charge on any atom is -0.374 e. The smallest absolute Gasteiger partial charge is 0.0749 e. The Balaban J connectivity index is 0.000000775. The second-order valence-electron chi connectivity index (χ2n) is 57.3. The number of ether oxygens (including phenoxy) is 4. The van der Waals surface area contributed by atoms with Crippen LogP contribution in [0.3, 0.4) is 0 Å². The molecule has 0 aromatic carbocycles. The summed E-state index contributed by atoms with van der Waals surface area (Å²) in [6, 6.07) is 0. The van der Waals surface area contributed by atoms with Gasteiger partial charge >= 0.3 is 0 Å². The number of rotatable bonds is 24. The molecule has 0 amide bonds. The van der Waals surface area contributed by atoms with Gasteiger partial charge in [0.1, 0.15) is 0 Å². The molecular weight excluding hydrogens is 1730 g/mol. The summed E-state index contributed by atoms with van der Waals surface area (Å²) in [5, 5.41) is 0. The molecular formula is C134H272N4O4. The van der Waals surface area contributed by atoms with Crippen LogP contribution in [0, 0.1) is 164 Å². The van der Waals surface area contributed by atoms with E-state index < -0.39 is 0 Å². The van der Waals surface area contributed by atoms with Gasteiger partial charge in [-0.25, -0.2) is 0 Å². The molecule has 142 heavy (non-hydrogen) atoms. The second kappa shape index (κ2) is 64.9. The Hall–Kier alpha value is -0.320. The zero-order valence-corrected chi connectivity index (χ0v) is 108. The molecule has 8 aliphatic heterocycles. The van der Waals surface area contributed by atoms with E-state index in [0.717, 1.165) is 127 Å².